The van der Waals surface area contributed by atoms with E-state index in [0.717, 1.165) is 12.8 Å². The third-order valence-corrected chi connectivity index (χ3v) is 5.70. The average Bonchev–Trinajstić information content (AvgIpc) is 2.90. The summed E-state index contributed by atoms with van der Waals surface area (Å²) in [5.41, 5.74) is 11.1. The number of nitrogens with one attached hydrogen (secondary N) is 5. The number of alkyl halides is 1. The number of carbonyl (C=O) groups excluding carboxylic acids is 6. The van der Waals surface area contributed by atoms with Crippen LogP contribution < -0.4 is 38.1 Å². The molecule has 15 heteroatoms. The summed E-state index contributed by atoms with van der Waals surface area (Å²) in [6.07, 6.45) is 1.95. The van der Waals surface area contributed by atoms with E-state index in [2.05, 4.69) is 42.5 Å². The molecule has 0 aromatic heterocycles. The summed E-state index contributed by atoms with van der Waals surface area (Å²) in [5.74, 6) is -1.45. The van der Waals surface area contributed by atoms with E-state index in [-0.39, 0.29) is 49.7 Å². The van der Waals surface area contributed by atoms with Gasteiger partial charge in [-0.15, -0.1) is 0 Å². The number of amides is 7. The zero-order valence-corrected chi connectivity index (χ0v) is 23.1. The molecule has 0 fully saturated rings. The summed E-state index contributed by atoms with van der Waals surface area (Å²) in [7, 11) is 0. The number of hydrogen-bond donors (Lipinski definition) is 7. The number of urea groups is 1. The molecular weight excluding hydrogens is 578 g/mol. The van der Waals surface area contributed by atoms with Gasteiger partial charge in [0.2, 0.25) is 23.6 Å². The standard InChI is InChI=1S/C24H36BrN7O7/c25-13-20(34)28-11-3-1-2-6-19(33)30-14-21(35)32-18(5-4-12-29-23(26)37)22(36)31-17-9-7-16(8-10-17)15-39-24(27)38/h7-10,18H,1-6,11-15H2,(H2,27,38)(H,28,34)(H,30,33)(H,31,36)(H,32,35)(H3,26,29,37). The van der Waals surface area contributed by atoms with Gasteiger partial charge in [0.05, 0.1) is 11.9 Å². The number of nitrogens with two attached hydrogens (primary N) is 2. The van der Waals surface area contributed by atoms with Crippen molar-refractivity contribution < 1.29 is 33.5 Å². The highest BCUT2D eigenvalue weighted by Gasteiger charge is 2.21. The maximum Gasteiger partial charge on any atom is 0.404 e. The van der Waals surface area contributed by atoms with Crippen LogP contribution in [0.1, 0.15) is 44.1 Å². The van der Waals surface area contributed by atoms with Gasteiger partial charge in [-0.1, -0.05) is 34.5 Å². The lowest BCUT2D eigenvalue weighted by Gasteiger charge is -2.19. The van der Waals surface area contributed by atoms with Gasteiger partial charge >= 0.3 is 12.1 Å². The minimum absolute atomic E-state index is 0.0174. The zero-order chi connectivity index (χ0) is 29.0. The van der Waals surface area contributed by atoms with Crippen LogP contribution in [-0.2, 0) is 30.5 Å². The molecule has 0 saturated carbocycles. The fraction of sp³-hybridized carbons (Fsp3) is 0.500. The Morgan fingerprint density at radius 3 is 2.15 bits per heavy atom. The van der Waals surface area contributed by atoms with E-state index in [1.807, 2.05) is 0 Å². The Balaban J connectivity index is 2.53. The number of unbranched alkanes of at least 4 members (excludes halogenated alkanes) is 2. The molecule has 0 saturated heterocycles. The Labute approximate surface area is 234 Å². The van der Waals surface area contributed by atoms with Crippen molar-refractivity contribution in [2.75, 3.05) is 30.3 Å². The molecule has 1 aromatic carbocycles. The number of anilines is 1. The zero-order valence-electron chi connectivity index (χ0n) is 21.6. The van der Waals surface area contributed by atoms with Crippen LogP contribution in [0.3, 0.4) is 0 Å². The molecule has 0 bridgehead atoms. The summed E-state index contributed by atoms with van der Waals surface area (Å²) in [5, 5.41) is 13.2. The first-order chi connectivity index (χ1) is 18.6. The summed E-state index contributed by atoms with van der Waals surface area (Å²) in [6.45, 7) is 0.412. The fourth-order valence-corrected chi connectivity index (χ4v) is 3.43. The normalized spacial score (nSPS) is 11.0. The maximum atomic E-state index is 12.9. The van der Waals surface area contributed by atoms with Crippen LogP contribution in [0.15, 0.2) is 24.3 Å². The van der Waals surface area contributed by atoms with E-state index in [4.69, 9.17) is 16.2 Å². The van der Waals surface area contributed by atoms with Crippen molar-refractivity contribution in [1.82, 2.24) is 21.3 Å². The van der Waals surface area contributed by atoms with Crippen LogP contribution in [0.4, 0.5) is 15.3 Å². The largest absolute Gasteiger partial charge is 0.445 e. The molecular formula is C24H36BrN7O7. The van der Waals surface area contributed by atoms with Crippen molar-refractivity contribution in [3.8, 4) is 0 Å². The molecule has 1 aromatic rings. The number of benzene rings is 1. The number of primary amides is 2. The molecule has 1 atom stereocenters. The molecule has 0 radical (unpaired) electrons. The second-order valence-electron chi connectivity index (χ2n) is 8.42. The summed E-state index contributed by atoms with van der Waals surface area (Å²) in [6, 6.07) is 4.82. The number of halogens is 1. The Morgan fingerprint density at radius 2 is 1.51 bits per heavy atom. The molecule has 39 heavy (non-hydrogen) atoms. The molecule has 0 aliphatic carbocycles. The van der Waals surface area contributed by atoms with Gasteiger partial charge < -0.3 is 42.8 Å². The highest BCUT2D eigenvalue weighted by molar-refractivity contribution is 9.09. The highest BCUT2D eigenvalue weighted by Crippen LogP contribution is 2.12. The molecule has 7 amide bonds. The van der Waals surface area contributed by atoms with Crippen molar-refractivity contribution in [3.05, 3.63) is 29.8 Å². The lowest BCUT2D eigenvalue weighted by molar-refractivity contribution is -0.128. The molecule has 1 rings (SSSR count). The Kier molecular flexibility index (Phi) is 16.3. The first-order valence-electron chi connectivity index (χ1n) is 12.3. The molecule has 216 valence electrons. The summed E-state index contributed by atoms with van der Waals surface area (Å²) in [4.78, 5) is 70.1. The average molecular weight is 614 g/mol. The van der Waals surface area contributed by atoms with E-state index in [9.17, 15) is 28.8 Å². The first kappa shape index (κ1) is 33.1. The molecule has 0 aliphatic heterocycles. The minimum Gasteiger partial charge on any atom is -0.445 e. The number of rotatable bonds is 18. The van der Waals surface area contributed by atoms with Gasteiger partial charge in [0.1, 0.15) is 12.6 Å². The molecule has 0 spiro atoms. The third-order valence-electron chi connectivity index (χ3n) is 5.19. The molecule has 0 heterocycles. The second-order valence-corrected chi connectivity index (χ2v) is 8.98. The van der Waals surface area contributed by atoms with E-state index in [0.29, 0.717) is 30.6 Å². The monoisotopic (exact) mass is 613 g/mol. The summed E-state index contributed by atoms with van der Waals surface area (Å²) >= 11 is 3.06. The molecule has 14 nitrogen and oxygen atoms in total. The fourth-order valence-electron chi connectivity index (χ4n) is 3.23. The van der Waals surface area contributed by atoms with Gasteiger partial charge in [-0.3, -0.25) is 19.2 Å². The van der Waals surface area contributed by atoms with Crippen molar-refractivity contribution in [1.29, 1.82) is 0 Å². The van der Waals surface area contributed by atoms with E-state index in [1.165, 1.54) is 0 Å². The van der Waals surface area contributed by atoms with Crippen LogP contribution >= 0.6 is 15.9 Å². The Morgan fingerprint density at radius 1 is 0.821 bits per heavy atom. The predicted octanol–water partition coefficient (Wildman–Crippen LogP) is 0.341. The van der Waals surface area contributed by atoms with Crippen LogP contribution in [0.5, 0.6) is 0 Å². The predicted molar refractivity (Wildman–Crippen MR) is 146 cm³/mol. The van der Waals surface area contributed by atoms with Crippen LogP contribution in [0.25, 0.3) is 0 Å². The smallest absolute Gasteiger partial charge is 0.404 e. The van der Waals surface area contributed by atoms with Crippen molar-refractivity contribution >= 4 is 57.4 Å². The first-order valence-corrected chi connectivity index (χ1v) is 13.5. The third kappa shape index (κ3) is 16.5. The van der Waals surface area contributed by atoms with E-state index >= 15 is 0 Å². The lowest BCUT2D eigenvalue weighted by Crippen LogP contribution is -2.47. The van der Waals surface area contributed by atoms with Crippen LogP contribution in [0.2, 0.25) is 0 Å². The number of hydrogen-bond acceptors (Lipinski definition) is 7. The molecule has 1 unspecified atom stereocenters. The van der Waals surface area contributed by atoms with Gasteiger partial charge in [0.25, 0.3) is 0 Å². The van der Waals surface area contributed by atoms with E-state index < -0.39 is 30.0 Å². The molecule has 0 aliphatic rings. The molecule has 9 N–H and O–H groups in total. The van der Waals surface area contributed by atoms with Crippen LogP contribution in [0, 0.1) is 0 Å². The van der Waals surface area contributed by atoms with Crippen LogP contribution in [-0.4, -0.2) is 66.8 Å². The Hall–Kier alpha value is -3.88. The second kappa shape index (κ2) is 19.2. The van der Waals surface area contributed by atoms with Gasteiger partial charge in [-0.25, -0.2) is 9.59 Å². The van der Waals surface area contributed by atoms with Crippen molar-refractivity contribution in [2.45, 2.75) is 51.2 Å². The SMILES string of the molecule is NC(=O)NCCCC(NC(=O)CNC(=O)CCCCCNC(=O)CBr)C(=O)Nc1ccc(COC(N)=O)cc1. The topological polar surface area (TPSA) is 224 Å². The number of carbonyl (C=O) groups is 6. The van der Waals surface area contributed by atoms with Gasteiger partial charge in [0.15, 0.2) is 0 Å². The van der Waals surface area contributed by atoms with Gasteiger partial charge in [-0.2, -0.15) is 0 Å². The minimum atomic E-state index is -0.948. The quantitative estimate of drug-likeness (QED) is 0.0906. The summed E-state index contributed by atoms with van der Waals surface area (Å²) < 4.78 is 4.71. The maximum absolute atomic E-state index is 12.9. The van der Waals surface area contributed by atoms with Gasteiger partial charge in [-0.05, 0) is 43.4 Å². The van der Waals surface area contributed by atoms with Gasteiger partial charge in [0, 0.05) is 25.2 Å². The Bertz CT molecular complexity index is 976. The van der Waals surface area contributed by atoms with Crippen molar-refractivity contribution in [3.63, 3.8) is 0 Å². The highest BCUT2D eigenvalue weighted by atomic mass is 79.9. The lowest BCUT2D eigenvalue weighted by atomic mass is 10.1. The van der Waals surface area contributed by atoms with Crippen molar-refractivity contribution in [2.24, 2.45) is 11.5 Å². The van der Waals surface area contributed by atoms with E-state index in [1.54, 1.807) is 24.3 Å². The number of ether oxygens (including phenoxy) is 1.